The van der Waals surface area contributed by atoms with Gasteiger partial charge in [0.1, 0.15) is 5.75 Å². The SMILES string of the molecule is O=C(C=Cc1cccc(OC(=O)c2ccc3c(c2)OCO3)c1)c1ccccc1. The van der Waals surface area contributed by atoms with E-state index in [1.165, 1.54) is 6.08 Å². The summed E-state index contributed by atoms with van der Waals surface area (Å²) in [5.41, 5.74) is 1.73. The van der Waals surface area contributed by atoms with Crippen molar-refractivity contribution < 1.29 is 23.8 Å². The van der Waals surface area contributed by atoms with Gasteiger partial charge in [-0.1, -0.05) is 48.5 Å². The van der Waals surface area contributed by atoms with E-state index in [-0.39, 0.29) is 12.6 Å². The van der Waals surface area contributed by atoms with Crippen LogP contribution >= 0.6 is 0 Å². The van der Waals surface area contributed by atoms with Crippen LogP contribution in [0.5, 0.6) is 17.2 Å². The van der Waals surface area contributed by atoms with E-state index >= 15 is 0 Å². The lowest BCUT2D eigenvalue weighted by molar-refractivity contribution is 0.0734. The third kappa shape index (κ3) is 3.94. The predicted molar refractivity (Wildman–Crippen MR) is 104 cm³/mol. The Balaban J connectivity index is 1.45. The molecule has 0 fully saturated rings. The van der Waals surface area contributed by atoms with Gasteiger partial charge in [-0.3, -0.25) is 4.79 Å². The maximum atomic E-state index is 12.4. The fraction of sp³-hybridized carbons (Fsp3) is 0.0435. The fourth-order valence-corrected chi connectivity index (χ4v) is 2.74. The van der Waals surface area contributed by atoms with Gasteiger partial charge in [0.25, 0.3) is 0 Å². The molecule has 1 aliphatic heterocycles. The molecule has 0 amide bonds. The van der Waals surface area contributed by atoms with E-state index in [1.54, 1.807) is 54.6 Å². The van der Waals surface area contributed by atoms with E-state index in [4.69, 9.17) is 14.2 Å². The molecule has 4 rings (SSSR count). The zero-order valence-electron chi connectivity index (χ0n) is 14.8. The summed E-state index contributed by atoms with van der Waals surface area (Å²) < 4.78 is 16.0. The largest absolute Gasteiger partial charge is 0.454 e. The van der Waals surface area contributed by atoms with Crippen molar-refractivity contribution in [3.63, 3.8) is 0 Å². The second-order valence-corrected chi connectivity index (χ2v) is 6.09. The van der Waals surface area contributed by atoms with Gasteiger partial charge in [0.05, 0.1) is 5.56 Å². The van der Waals surface area contributed by atoms with E-state index in [0.29, 0.717) is 28.4 Å². The Morgan fingerprint density at radius 1 is 0.821 bits per heavy atom. The van der Waals surface area contributed by atoms with Crippen molar-refractivity contribution in [2.24, 2.45) is 0 Å². The smallest absolute Gasteiger partial charge is 0.343 e. The number of hydrogen-bond acceptors (Lipinski definition) is 5. The van der Waals surface area contributed by atoms with Crippen LogP contribution in [0, 0.1) is 0 Å². The molecule has 0 spiro atoms. The molecule has 0 saturated heterocycles. The average molecular weight is 372 g/mol. The van der Waals surface area contributed by atoms with Gasteiger partial charge in [-0.2, -0.15) is 0 Å². The van der Waals surface area contributed by atoms with Crippen molar-refractivity contribution in [3.8, 4) is 17.2 Å². The highest BCUT2D eigenvalue weighted by atomic mass is 16.7. The summed E-state index contributed by atoms with van der Waals surface area (Å²) in [5, 5.41) is 0. The summed E-state index contributed by atoms with van der Waals surface area (Å²) in [5.74, 6) is 0.914. The number of allylic oxidation sites excluding steroid dienone is 1. The number of ether oxygens (including phenoxy) is 3. The monoisotopic (exact) mass is 372 g/mol. The highest BCUT2D eigenvalue weighted by molar-refractivity contribution is 6.06. The quantitative estimate of drug-likeness (QED) is 0.285. The third-order valence-corrected chi connectivity index (χ3v) is 4.16. The molecule has 0 saturated carbocycles. The van der Waals surface area contributed by atoms with Gasteiger partial charge >= 0.3 is 5.97 Å². The molecular weight excluding hydrogens is 356 g/mol. The topological polar surface area (TPSA) is 61.8 Å². The number of rotatable bonds is 5. The van der Waals surface area contributed by atoms with Crippen LogP contribution in [-0.4, -0.2) is 18.5 Å². The zero-order valence-corrected chi connectivity index (χ0v) is 14.8. The number of carbonyl (C=O) groups excluding carboxylic acids is 2. The van der Waals surface area contributed by atoms with E-state index in [1.807, 2.05) is 24.3 Å². The van der Waals surface area contributed by atoms with Crippen LogP contribution in [0.4, 0.5) is 0 Å². The van der Waals surface area contributed by atoms with Gasteiger partial charge in [-0.25, -0.2) is 4.79 Å². The summed E-state index contributed by atoms with van der Waals surface area (Å²) in [6, 6.07) is 20.9. The molecule has 0 N–H and O–H groups in total. The number of ketones is 1. The number of carbonyl (C=O) groups is 2. The summed E-state index contributed by atoms with van der Waals surface area (Å²) in [7, 11) is 0. The van der Waals surface area contributed by atoms with Gasteiger partial charge in [-0.05, 0) is 42.0 Å². The maximum Gasteiger partial charge on any atom is 0.343 e. The first-order chi connectivity index (χ1) is 13.7. The highest BCUT2D eigenvalue weighted by Crippen LogP contribution is 2.32. The van der Waals surface area contributed by atoms with Crippen LogP contribution < -0.4 is 14.2 Å². The Bertz CT molecular complexity index is 1050. The van der Waals surface area contributed by atoms with Crippen LogP contribution in [0.15, 0.2) is 78.9 Å². The van der Waals surface area contributed by atoms with E-state index < -0.39 is 5.97 Å². The summed E-state index contributed by atoms with van der Waals surface area (Å²) >= 11 is 0. The van der Waals surface area contributed by atoms with Crippen molar-refractivity contribution in [2.75, 3.05) is 6.79 Å². The Morgan fingerprint density at radius 2 is 1.64 bits per heavy atom. The number of esters is 1. The highest BCUT2D eigenvalue weighted by Gasteiger charge is 2.17. The van der Waals surface area contributed by atoms with Crippen LogP contribution in [-0.2, 0) is 0 Å². The lowest BCUT2D eigenvalue weighted by atomic mass is 10.1. The first kappa shape index (κ1) is 17.5. The van der Waals surface area contributed by atoms with Crippen LogP contribution in [0.1, 0.15) is 26.3 Å². The third-order valence-electron chi connectivity index (χ3n) is 4.16. The molecule has 0 aromatic heterocycles. The van der Waals surface area contributed by atoms with Gasteiger partial charge in [-0.15, -0.1) is 0 Å². The van der Waals surface area contributed by atoms with Crippen molar-refractivity contribution in [1.82, 2.24) is 0 Å². The van der Waals surface area contributed by atoms with Gasteiger partial charge in [0.15, 0.2) is 17.3 Å². The molecule has 1 heterocycles. The molecule has 0 bridgehead atoms. The minimum atomic E-state index is -0.500. The minimum absolute atomic E-state index is 0.0941. The summed E-state index contributed by atoms with van der Waals surface area (Å²) in [6.07, 6.45) is 3.18. The van der Waals surface area contributed by atoms with E-state index in [2.05, 4.69) is 0 Å². The van der Waals surface area contributed by atoms with E-state index in [0.717, 1.165) is 5.56 Å². The Kier molecular flexibility index (Phi) is 4.89. The molecule has 5 nitrogen and oxygen atoms in total. The van der Waals surface area contributed by atoms with Gasteiger partial charge in [0.2, 0.25) is 6.79 Å². The molecule has 0 atom stereocenters. The molecule has 1 aliphatic rings. The molecule has 28 heavy (non-hydrogen) atoms. The van der Waals surface area contributed by atoms with Gasteiger partial charge < -0.3 is 14.2 Å². The number of hydrogen-bond donors (Lipinski definition) is 0. The van der Waals surface area contributed by atoms with Crippen molar-refractivity contribution in [1.29, 1.82) is 0 Å². The standard InChI is InChI=1S/C23H16O5/c24-20(17-6-2-1-3-7-17)11-9-16-5-4-8-19(13-16)28-23(25)18-10-12-21-22(14-18)27-15-26-21/h1-14H,15H2. The lowest BCUT2D eigenvalue weighted by Gasteiger charge is -2.06. The second kappa shape index (κ2) is 7.80. The fourth-order valence-electron chi connectivity index (χ4n) is 2.74. The van der Waals surface area contributed by atoms with Crippen molar-refractivity contribution >= 4 is 17.8 Å². The van der Waals surface area contributed by atoms with Crippen LogP contribution in [0.25, 0.3) is 6.08 Å². The molecule has 0 unspecified atom stereocenters. The Hall–Kier alpha value is -3.86. The van der Waals surface area contributed by atoms with E-state index in [9.17, 15) is 9.59 Å². The normalized spacial score (nSPS) is 12.1. The lowest BCUT2D eigenvalue weighted by Crippen LogP contribution is -2.08. The second-order valence-electron chi connectivity index (χ2n) is 6.09. The first-order valence-electron chi connectivity index (χ1n) is 8.68. The van der Waals surface area contributed by atoms with Crippen LogP contribution in [0.3, 0.4) is 0 Å². The average Bonchev–Trinajstić information content (AvgIpc) is 3.21. The Morgan fingerprint density at radius 3 is 2.50 bits per heavy atom. The molecule has 0 aliphatic carbocycles. The first-order valence-corrected chi connectivity index (χ1v) is 8.68. The molecule has 3 aromatic carbocycles. The summed E-state index contributed by atoms with van der Waals surface area (Å²) in [4.78, 5) is 24.6. The van der Waals surface area contributed by atoms with Crippen molar-refractivity contribution in [2.45, 2.75) is 0 Å². The zero-order chi connectivity index (χ0) is 19.3. The summed E-state index contributed by atoms with van der Waals surface area (Å²) in [6.45, 7) is 0.143. The molecule has 138 valence electrons. The number of benzene rings is 3. The predicted octanol–water partition coefficient (Wildman–Crippen LogP) is 4.53. The number of fused-ring (bicyclic) bond motifs is 1. The van der Waals surface area contributed by atoms with Gasteiger partial charge in [0, 0.05) is 5.56 Å². The molecular formula is C23H16O5. The molecule has 0 radical (unpaired) electrons. The maximum absolute atomic E-state index is 12.4. The van der Waals surface area contributed by atoms with Crippen LogP contribution in [0.2, 0.25) is 0 Å². The minimum Gasteiger partial charge on any atom is -0.454 e. The van der Waals surface area contributed by atoms with Crippen molar-refractivity contribution in [3.05, 3.63) is 95.6 Å². The molecule has 5 heteroatoms. The Labute approximate surface area is 161 Å². The molecule has 3 aromatic rings.